The van der Waals surface area contributed by atoms with E-state index < -0.39 is 0 Å². The van der Waals surface area contributed by atoms with Crippen molar-refractivity contribution < 1.29 is 9.90 Å². The summed E-state index contributed by atoms with van der Waals surface area (Å²) in [5.74, 6) is -0.264. The maximum Gasteiger partial charge on any atom is 0.256 e. The maximum absolute atomic E-state index is 12.0. The summed E-state index contributed by atoms with van der Waals surface area (Å²) >= 11 is 9.07. The van der Waals surface area contributed by atoms with Crippen molar-refractivity contribution in [2.45, 2.75) is 0 Å². The van der Waals surface area contributed by atoms with Crippen molar-refractivity contribution in [3.8, 4) is 5.75 Å². The summed E-state index contributed by atoms with van der Waals surface area (Å²) in [5.41, 5.74) is 1.06. The number of rotatable bonds is 2. The van der Waals surface area contributed by atoms with Crippen molar-refractivity contribution >= 4 is 39.1 Å². The Morgan fingerprint density at radius 1 is 1.22 bits per heavy atom. The molecule has 0 aromatic heterocycles. The average Bonchev–Trinajstić information content (AvgIpc) is 2.34. The predicted molar refractivity (Wildman–Crippen MR) is 75.2 cm³/mol. The lowest BCUT2D eigenvalue weighted by molar-refractivity contribution is 0.102. The molecule has 0 aliphatic rings. The molecule has 0 spiro atoms. The molecule has 0 saturated carbocycles. The van der Waals surface area contributed by atoms with E-state index in [-0.39, 0.29) is 16.7 Å². The van der Waals surface area contributed by atoms with Gasteiger partial charge in [0.05, 0.1) is 10.6 Å². The largest absolute Gasteiger partial charge is 0.506 e. The van der Waals surface area contributed by atoms with Crippen molar-refractivity contribution in [1.82, 2.24) is 0 Å². The third-order valence-corrected chi connectivity index (χ3v) is 3.32. The van der Waals surface area contributed by atoms with E-state index in [1.54, 1.807) is 24.3 Å². The zero-order valence-corrected chi connectivity index (χ0v) is 11.5. The Morgan fingerprint density at radius 3 is 2.61 bits per heavy atom. The first-order chi connectivity index (χ1) is 8.58. The van der Waals surface area contributed by atoms with Crippen LogP contribution in [0.2, 0.25) is 5.02 Å². The second-order valence-electron chi connectivity index (χ2n) is 3.60. The minimum Gasteiger partial charge on any atom is -0.506 e. The number of anilines is 1. The van der Waals surface area contributed by atoms with Gasteiger partial charge in [0.25, 0.3) is 5.91 Å². The van der Waals surface area contributed by atoms with Gasteiger partial charge in [-0.05, 0) is 46.3 Å². The fourth-order valence-electron chi connectivity index (χ4n) is 1.43. The Labute approximate surface area is 118 Å². The number of amides is 1. The third kappa shape index (κ3) is 2.83. The van der Waals surface area contributed by atoms with E-state index >= 15 is 0 Å². The van der Waals surface area contributed by atoms with Crippen LogP contribution >= 0.6 is 27.5 Å². The lowest BCUT2D eigenvalue weighted by atomic mass is 10.2. The van der Waals surface area contributed by atoms with E-state index in [1.807, 2.05) is 6.07 Å². The zero-order valence-electron chi connectivity index (χ0n) is 9.15. The van der Waals surface area contributed by atoms with Crippen LogP contribution in [-0.2, 0) is 0 Å². The standard InChI is InChI=1S/C13H9BrClNO2/c14-10-4-2-1-3-9(10)13(18)16-8-5-6-12(17)11(15)7-8/h1-7,17H,(H,16,18). The van der Waals surface area contributed by atoms with Crippen molar-refractivity contribution in [2.24, 2.45) is 0 Å². The Balaban J connectivity index is 2.22. The smallest absolute Gasteiger partial charge is 0.256 e. The molecule has 0 unspecified atom stereocenters. The summed E-state index contributed by atoms with van der Waals surface area (Å²) in [5, 5.41) is 12.2. The SMILES string of the molecule is O=C(Nc1ccc(O)c(Cl)c1)c1ccccc1Br. The highest BCUT2D eigenvalue weighted by molar-refractivity contribution is 9.10. The highest BCUT2D eigenvalue weighted by Gasteiger charge is 2.10. The van der Waals surface area contributed by atoms with E-state index in [0.717, 1.165) is 0 Å². The number of benzene rings is 2. The Kier molecular flexibility index (Phi) is 3.89. The van der Waals surface area contributed by atoms with Gasteiger partial charge in [-0.25, -0.2) is 0 Å². The molecular formula is C13H9BrClNO2. The lowest BCUT2D eigenvalue weighted by Crippen LogP contribution is -2.12. The van der Waals surface area contributed by atoms with Crippen molar-refractivity contribution in [1.29, 1.82) is 0 Å². The Morgan fingerprint density at radius 2 is 1.94 bits per heavy atom. The van der Waals surface area contributed by atoms with Gasteiger partial charge in [0, 0.05) is 10.2 Å². The van der Waals surface area contributed by atoms with Gasteiger partial charge in [-0.3, -0.25) is 4.79 Å². The molecule has 2 rings (SSSR count). The summed E-state index contributed by atoms with van der Waals surface area (Å²) in [7, 11) is 0. The van der Waals surface area contributed by atoms with Crippen LogP contribution in [0.5, 0.6) is 5.75 Å². The molecule has 0 heterocycles. The molecule has 0 aliphatic carbocycles. The van der Waals surface area contributed by atoms with E-state index in [0.29, 0.717) is 15.7 Å². The molecule has 1 amide bonds. The molecule has 5 heteroatoms. The summed E-state index contributed by atoms with van der Waals surface area (Å²) in [6.07, 6.45) is 0. The normalized spacial score (nSPS) is 10.1. The van der Waals surface area contributed by atoms with Crippen LogP contribution in [0.1, 0.15) is 10.4 Å². The Bertz CT molecular complexity index is 601. The number of phenolic OH excluding ortho intramolecular Hbond substituents is 1. The summed E-state index contributed by atoms with van der Waals surface area (Å²) in [6, 6.07) is 11.6. The number of carbonyl (C=O) groups excluding carboxylic acids is 1. The molecule has 0 saturated heterocycles. The first-order valence-electron chi connectivity index (χ1n) is 5.12. The molecule has 0 atom stereocenters. The third-order valence-electron chi connectivity index (χ3n) is 2.32. The summed E-state index contributed by atoms with van der Waals surface area (Å²) in [4.78, 5) is 12.0. The molecule has 2 N–H and O–H groups in total. The molecule has 92 valence electrons. The fraction of sp³-hybridized carbons (Fsp3) is 0. The maximum atomic E-state index is 12.0. The lowest BCUT2D eigenvalue weighted by Gasteiger charge is -2.07. The molecular weight excluding hydrogens is 318 g/mol. The number of halogens is 2. The molecule has 0 radical (unpaired) electrons. The van der Waals surface area contributed by atoms with Gasteiger partial charge in [0.2, 0.25) is 0 Å². The van der Waals surface area contributed by atoms with Crippen LogP contribution in [0.15, 0.2) is 46.9 Å². The zero-order chi connectivity index (χ0) is 13.1. The van der Waals surface area contributed by atoms with Gasteiger partial charge in [-0.1, -0.05) is 23.7 Å². The summed E-state index contributed by atoms with van der Waals surface area (Å²) in [6.45, 7) is 0. The minimum absolute atomic E-state index is 0.0180. The minimum atomic E-state index is -0.246. The highest BCUT2D eigenvalue weighted by atomic mass is 79.9. The van der Waals surface area contributed by atoms with Crippen molar-refractivity contribution in [2.75, 3.05) is 5.32 Å². The predicted octanol–water partition coefficient (Wildman–Crippen LogP) is 4.06. The first-order valence-corrected chi connectivity index (χ1v) is 6.29. The monoisotopic (exact) mass is 325 g/mol. The molecule has 0 bridgehead atoms. The quantitative estimate of drug-likeness (QED) is 0.818. The molecule has 0 aliphatic heterocycles. The average molecular weight is 327 g/mol. The number of nitrogens with one attached hydrogen (secondary N) is 1. The van der Waals surface area contributed by atoms with Crippen LogP contribution in [0.3, 0.4) is 0 Å². The second-order valence-corrected chi connectivity index (χ2v) is 4.86. The van der Waals surface area contributed by atoms with Crippen LogP contribution in [0.25, 0.3) is 0 Å². The van der Waals surface area contributed by atoms with Crippen molar-refractivity contribution in [3.05, 3.63) is 57.5 Å². The van der Waals surface area contributed by atoms with E-state index in [1.165, 1.54) is 12.1 Å². The molecule has 3 nitrogen and oxygen atoms in total. The number of hydrogen-bond acceptors (Lipinski definition) is 2. The molecule has 2 aromatic carbocycles. The molecule has 0 fully saturated rings. The molecule has 18 heavy (non-hydrogen) atoms. The second kappa shape index (κ2) is 5.42. The van der Waals surface area contributed by atoms with Crippen molar-refractivity contribution in [3.63, 3.8) is 0 Å². The highest BCUT2D eigenvalue weighted by Crippen LogP contribution is 2.26. The number of aromatic hydroxyl groups is 1. The van der Waals surface area contributed by atoms with Gasteiger partial charge in [-0.15, -0.1) is 0 Å². The summed E-state index contributed by atoms with van der Waals surface area (Å²) < 4.78 is 0.715. The number of hydrogen-bond donors (Lipinski definition) is 2. The van der Waals surface area contributed by atoms with Crippen LogP contribution in [0.4, 0.5) is 5.69 Å². The van der Waals surface area contributed by atoms with Gasteiger partial charge in [-0.2, -0.15) is 0 Å². The van der Waals surface area contributed by atoms with Gasteiger partial charge in [0.15, 0.2) is 0 Å². The Hall–Kier alpha value is -1.52. The van der Waals surface area contributed by atoms with E-state index in [4.69, 9.17) is 11.6 Å². The van der Waals surface area contributed by atoms with Crippen LogP contribution < -0.4 is 5.32 Å². The van der Waals surface area contributed by atoms with E-state index in [9.17, 15) is 9.90 Å². The fourth-order valence-corrected chi connectivity index (χ4v) is 2.07. The van der Waals surface area contributed by atoms with Gasteiger partial charge in [0.1, 0.15) is 5.75 Å². The number of phenols is 1. The van der Waals surface area contributed by atoms with Gasteiger partial charge >= 0.3 is 0 Å². The first kappa shape index (κ1) is 12.9. The van der Waals surface area contributed by atoms with Crippen LogP contribution in [0, 0.1) is 0 Å². The van der Waals surface area contributed by atoms with Gasteiger partial charge < -0.3 is 10.4 Å². The topological polar surface area (TPSA) is 49.3 Å². The number of carbonyl (C=O) groups is 1. The van der Waals surface area contributed by atoms with E-state index in [2.05, 4.69) is 21.2 Å². The molecule has 2 aromatic rings. The van der Waals surface area contributed by atoms with Crippen LogP contribution in [-0.4, -0.2) is 11.0 Å².